The Morgan fingerprint density at radius 1 is 1.05 bits per heavy atom. The fourth-order valence-electron chi connectivity index (χ4n) is 2.65. The van der Waals surface area contributed by atoms with Crippen LogP contribution in [0.3, 0.4) is 0 Å². The maximum atomic E-state index is 12.9. The molecule has 0 bridgehead atoms. The summed E-state index contributed by atoms with van der Waals surface area (Å²) in [7, 11) is 0.0607. The number of carbonyl (C=O) groups is 1. The van der Waals surface area contributed by atoms with Crippen LogP contribution in [0.15, 0.2) is 42.5 Å². The normalized spacial score (nSPS) is 12.3. The van der Waals surface area contributed by atoms with E-state index in [4.69, 9.17) is 0 Å². The van der Waals surface area contributed by atoms with Crippen molar-refractivity contribution < 1.29 is 9.36 Å². The molecule has 0 spiro atoms. The molecule has 0 fully saturated rings. The fourth-order valence-corrected chi connectivity index (χ4v) is 3.14. The molecule has 0 radical (unpaired) electrons. The Bertz CT molecular complexity index is 656. The zero-order valence-corrected chi connectivity index (χ0v) is 13.5. The van der Waals surface area contributed by atoms with Crippen LogP contribution >= 0.6 is 8.46 Å². The molecular formula is C18H19O2P. The minimum absolute atomic E-state index is 0.0169. The number of hydrogen-bond donors (Lipinski definition) is 0. The number of carbonyl (C=O) groups excluding carboxylic acids is 1. The third-order valence-corrected chi connectivity index (χ3v) is 4.68. The molecule has 2 aromatic carbocycles. The van der Waals surface area contributed by atoms with Crippen LogP contribution < -0.4 is 0 Å². The minimum atomic E-state index is -0.130. The monoisotopic (exact) mass is 298 g/mol. The first-order valence-corrected chi connectivity index (χ1v) is 8.00. The van der Waals surface area contributed by atoms with Gasteiger partial charge in [0.1, 0.15) is 0 Å². The number of rotatable bonds is 5. The minimum Gasteiger partial charge on any atom is -0.289 e. The van der Waals surface area contributed by atoms with Crippen molar-refractivity contribution in [3.05, 3.63) is 70.3 Å². The number of aryl methyl sites for hydroxylation is 2. The average molecular weight is 298 g/mol. The van der Waals surface area contributed by atoms with Gasteiger partial charge in [0.25, 0.3) is 0 Å². The predicted molar refractivity (Wildman–Crippen MR) is 86.4 cm³/mol. The molecule has 2 rings (SSSR count). The molecule has 2 nitrogen and oxygen atoms in total. The summed E-state index contributed by atoms with van der Waals surface area (Å²) in [5.74, 6) is 0.0169. The zero-order chi connectivity index (χ0) is 15.4. The topological polar surface area (TPSA) is 34.1 Å². The van der Waals surface area contributed by atoms with Crippen molar-refractivity contribution in [1.82, 2.24) is 0 Å². The second-order valence-electron chi connectivity index (χ2n) is 5.21. The van der Waals surface area contributed by atoms with E-state index in [0.717, 1.165) is 28.7 Å². The molecule has 2 aromatic rings. The van der Waals surface area contributed by atoms with Gasteiger partial charge in [0.15, 0.2) is 14.2 Å². The van der Waals surface area contributed by atoms with Gasteiger partial charge in [-0.25, -0.2) is 0 Å². The van der Waals surface area contributed by atoms with Crippen molar-refractivity contribution in [3.8, 4) is 0 Å². The van der Waals surface area contributed by atoms with Crippen molar-refractivity contribution in [2.45, 2.75) is 32.9 Å². The Labute approximate surface area is 127 Å². The van der Waals surface area contributed by atoms with E-state index in [1.54, 1.807) is 0 Å². The smallest absolute Gasteiger partial charge is 0.193 e. The molecule has 0 amide bonds. The number of hydrogen-bond acceptors (Lipinski definition) is 2. The van der Waals surface area contributed by atoms with Gasteiger partial charge in [-0.1, -0.05) is 49.4 Å². The lowest BCUT2D eigenvalue weighted by Crippen LogP contribution is -2.10. The second kappa shape index (κ2) is 6.78. The van der Waals surface area contributed by atoms with E-state index in [9.17, 15) is 9.36 Å². The van der Waals surface area contributed by atoms with Crippen molar-refractivity contribution in [2.24, 2.45) is 0 Å². The van der Waals surface area contributed by atoms with E-state index in [2.05, 4.69) is 0 Å². The van der Waals surface area contributed by atoms with Gasteiger partial charge >= 0.3 is 0 Å². The van der Waals surface area contributed by atoms with Crippen LogP contribution in [0.4, 0.5) is 0 Å². The first-order valence-electron chi connectivity index (χ1n) is 7.12. The Kier molecular flexibility index (Phi) is 5.03. The summed E-state index contributed by atoms with van der Waals surface area (Å²) in [5, 5.41) is 0. The molecule has 108 valence electrons. The van der Waals surface area contributed by atoms with Crippen LogP contribution in [0.25, 0.3) is 0 Å². The number of benzene rings is 2. The molecule has 3 heteroatoms. The molecule has 1 atom stereocenters. The van der Waals surface area contributed by atoms with Crippen LogP contribution in [0, 0.1) is 13.8 Å². The zero-order valence-electron chi connectivity index (χ0n) is 12.6. The summed E-state index contributed by atoms with van der Waals surface area (Å²) in [6, 6.07) is 13.3. The van der Waals surface area contributed by atoms with Crippen molar-refractivity contribution in [3.63, 3.8) is 0 Å². The molecule has 0 saturated carbocycles. The highest BCUT2D eigenvalue weighted by Gasteiger charge is 2.21. The van der Waals surface area contributed by atoms with E-state index in [1.165, 1.54) is 0 Å². The maximum absolute atomic E-state index is 12.9. The SMILES string of the molecule is CCC(P=O)c1ccccc1C(=O)c1c(C)cccc1C. The van der Waals surface area contributed by atoms with Crippen LogP contribution in [0.1, 0.15) is 51.6 Å². The second-order valence-corrected chi connectivity index (χ2v) is 6.05. The summed E-state index contributed by atoms with van der Waals surface area (Å²) in [6.45, 7) is 5.88. The summed E-state index contributed by atoms with van der Waals surface area (Å²) in [6.07, 6.45) is 0.738. The van der Waals surface area contributed by atoms with Crippen molar-refractivity contribution in [1.29, 1.82) is 0 Å². The molecule has 0 N–H and O–H groups in total. The van der Waals surface area contributed by atoms with Crippen LogP contribution in [-0.4, -0.2) is 5.78 Å². The Morgan fingerprint density at radius 2 is 1.67 bits per heavy atom. The lowest BCUT2D eigenvalue weighted by molar-refractivity contribution is 0.103. The summed E-state index contributed by atoms with van der Waals surface area (Å²) in [4.78, 5) is 12.9. The van der Waals surface area contributed by atoms with Gasteiger partial charge in [-0.3, -0.25) is 9.36 Å². The van der Waals surface area contributed by atoms with E-state index in [0.29, 0.717) is 5.56 Å². The first-order chi connectivity index (χ1) is 10.1. The summed E-state index contributed by atoms with van der Waals surface area (Å²) >= 11 is 0. The van der Waals surface area contributed by atoms with Gasteiger partial charge in [0.05, 0.1) is 5.66 Å². The molecule has 0 aliphatic carbocycles. The van der Waals surface area contributed by atoms with Crippen LogP contribution in [-0.2, 0) is 4.57 Å². The average Bonchev–Trinajstić information content (AvgIpc) is 2.48. The van der Waals surface area contributed by atoms with E-state index in [1.807, 2.05) is 63.2 Å². The van der Waals surface area contributed by atoms with Gasteiger partial charge in [-0.2, -0.15) is 0 Å². The first kappa shape index (κ1) is 15.6. The van der Waals surface area contributed by atoms with Crippen LogP contribution in [0.5, 0.6) is 0 Å². The Hall–Kier alpha value is -1.79. The van der Waals surface area contributed by atoms with E-state index < -0.39 is 0 Å². The third-order valence-electron chi connectivity index (χ3n) is 3.79. The highest BCUT2D eigenvalue weighted by molar-refractivity contribution is 7.24. The van der Waals surface area contributed by atoms with E-state index in [-0.39, 0.29) is 19.9 Å². The Morgan fingerprint density at radius 3 is 2.24 bits per heavy atom. The molecular weight excluding hydrogens is 279 g/mol. The highest BCUT2D eigenvalue weighted by Crippen LogP contribution is 2.33. The standard InChI is InChI=1S/C18H19O2P/c1-4-16(21-20)14-10-5-6-11-15(14)18(19)17-12(2)8-7-9-13(17)3/h5-11,16H,4H2,1-3H3. The van der Waals surface area contributed by atoms with Crippen molar-refractivity contribution in [2.75, 3.05) is 0 Å². The van der Waals surface area contributed by atoms with Crippen LogP contribution in [0.2, 0.25) is 0 Å². The molecule has 0 aliphatic rings. The third kappa shape index (κ3) is 3.11. The lowest BCUT2D eigenvalue weighted by atomic mass is 9.91. The van der Waals surface area contributed by atoms with E-state index >= 15 is 0 Å². The molecule has 0 saturated heterocycles. The summed E-state index contributed by atoms with van der Waals surface area (Å²) < 4.78 is 11.4. The number of ketones is 1. The van der Waals surface area contributed by atoms with Gasteiger partial charge in [0.2, 0.25) is 0 Å². The molecule has 21 heavy (non-hydrogen) atoms. The molecule has 0 heterocycles. The highest BCUT2D eigenvalue weighted by atomic mass is 31.1. The molecule has 0 aromatic heterocycles. The molecule has 0 aliphatic heterocycles. The van der Waals surface area contributed by atoms with Gasteiger partial charge < -0.3 is 0 Å². The van der Waals surface area contributed by atoms with Gasteiger partial charge in [0, 0.05) is 11.1 Å². The lowest BCUT2D eigenvalue weighted by Gasteiger charge is -2.14. The van der Waals surface area contributed by atoms with Gasteiger partial charge in [-0.05, 0) is 37.0 Å². The largest absolute Gasteiger partial charge is 0.289 e. The quantitative estimate of drug-likeness (QED) is 0.556. The predicted octanol–water partition coefficient (Wildman–Crippen LogP) is 5.28. The fraction of sp³-hybridized carbons (Fsp3) is 0.278. The summed E-state index contributed by atoms with van der Waals surface area (Å²) in [5.41, 5.74) is 4.09. The maximum Gasteiger partial charge on any atom is 0.193 e. The van der Waals surface area contributed by atoms with Crippen molar-refractivity contribution >= 4 is 14.2 Å². The molecule has 1 unspecified atom stereocenters. The van der Waals surface area contributed by atoms with Gasteiger partial charge in [-0.15, -0.1) is 0 Å². The Balaban J connectivity index is 2.57.